The molecule has 0 unspecified atom stereocenters. The van der Waals surface area contributed by atoms with Gasteiger partial charge in [-0.15, -0.1) is 0 Å². The Morgan fingerprint density at radius 2 is 1.83 bits per heavy atom. The first kappa shape index (κ1) is 11.1. The summed E-state index contributed by atoms with van der Waals surface area (Å²) in [6.07, 6.45) is 0. The summed E-state index contributed by atoms with van der Waals surface area (Å²) >= 11 is 0. The van der Waals surface area contributed by atoms with Crippen molar-refractivity contribution in [3.63, 3.8) is 0 Å². The van der Waals surface area contributed by atoms with Crippen LogP contribution in [0.5, 0.6) is 5.75 Å². The second-order valence-corrected chi connectivity index (χ2v) is 2.19. The summed E-state index contributed by atoms with van der Waals surface area (Å²) in [7, 11) is 7.28. The molecule has 64 valence electrons. The molecule has 2 radical (unpaired) electrons. The van der Waals surface area contributed by atoms with E-state index in [4.69, 9.17) is 12.6 Å². The van der Waals surface area contributed by atoms with Crippen LogP contribution in [0.1, 0.15) is 19.4 Å². The van der Waals surface area contributed by atoms with Crippen molar-refractivity contribution in [3.8, 4) is 5.75 Å². The molecule has 0 aliphatic rings. The molecule has 0 aliphatic carbocycles. The van der Waals surface area contributed by atoms with Gasteiger partial charge in [0.2, 0.25) is 0 Å². The summed E-state index contributed by atoms with van der Waals surface area (Å²) < 4.78 is 5.00. The minimum Gasteiger partial charge on any atom is -0.497 e. The van der Waals surface area contributed by atoms with E-state index in [2.05, 4.69) is 0 Å². The highest BCUT2D eigenvalue weighted by Gasteiger charge is 1.96. The summed E-state index contributed by atoms with van der Waals surface area (Å²) in [6.45, 7) is 5.96. The van der Waals surface area contributed by atoms with Crippen molar-refractivity contribution in [2.75, 3.05) is 7.11 Å². The fourth-order valence-corrected chi connectivity index (χ4v) is 0.832. The molecule has 2 heteroatoms. The molecular formula is C10H15BO. The molecule has 1 nitrogen and oxygen atoms in total. The molecule has 0 spiro atoms. The van der Waals surface area contributed by atoms with E-state index in [0.717, 1.165) is 16.8 Å². The highest BCUT2D eigenvalue weighted by atomic mass is 16.5. The van der Waals surface area contributed by atoms with Crippen molar-refractivity contribution < 1.29 is 4.74 Å². The van der Waals surface area contributed by atoms with E-state index < -0.39 is 0 Å². The molecule has 0 aliphatic heterocycles. The average molecular weight is 162 g/mol. The summed E-state index contributed by atoms with van der Waals surface area (Å²) in [5, 5.41) is 0. The smallest absolute Gasteiger partial charge is 0.119 e. The molecule has 0 atom stereocenters. The number of benzene rings is 1. The monoisotopic (exact) mass is 162 g/mol. The van der Waals surface area contributed by atoms with Gasteiger partial charge in [0.25, 0.3) is 0 Å². The van der Waals surface area contributed by atoms with Gasteiger partial charge in [-0.3, -0.25) is 0 Å². The molecule has 0 fully saturated rings. The molecule has 0 N–H and O–H groups in total. The summed E-state index contributed by atoms with van der Waals surface area (Å²) in [5.41, 5.74) is 1.78. The van der Waals surface area contributed by atoms with Crippen molar-refractivity contribution in [1.82, 2.24) is 0 Å². The van der Waals surface area contributed by atoms with Gasteiger partial charge < -0.3 is 4.74 Å². The Kier molecular flexibility index (Phi) is 5.26. The summed E-state index contributed by atoms with van der Waals surface area (Å²) in [6, 6.07) is 5.73. The quantitative estimate of drug-likeness (QED) is 0.572. The Balaban J connectivity index is 0.000000561. The lowest BCUT2D eigenvalue weighted by atomic mass is 9.90. The predicted octanol–water partition coefficient (Wildman–Crippen LogP) is 1.82. The number of aryl methyl sites for hydroxylation is 1. The van der Waals surface area contributed by atoms with Crippen LogP contribution in [0.25, 0.3) is 0 Å². The second-order valence-electron chi connectivity index (χ2n) is 2.19. The van der Waals surface area contributed by atoms with Crippen molar-refractivity contribution >= 4 is 13.3 Å². The summed E-state index contributed by atoms with van der Waals surface area (Å²) in [4.78, 5) is 0. The van der Waals surface area contributed by atoms with Crippen molar-refractivity contribution in [2.24, 2.45) is 0 Å². The molecule has 1 aromatic carbocycles. The van der Waals surface area contributed by atoms with Crippen LogP contribution < -0.4 is 10.2 Å². The molecule has 0 bridgehead atoms. The fraction of sp³-hybridized carbons (Fsp3) is 0.400. The van der Waals surface area contributed by atoms with Crippen LogP contribution >= 0.6 is 0 Å². The molecule has 0 amide bonds. The van der Waals surface area contributed by atoms with Crippen LogP contribution in [0.4, 0.5) is 0 Å². The van der Waals surface area contributed by atoms with Crippen molar-refractivity contribution in [3.05, 3.63) is 23.8 Å². The van der Waals surface area contributed by atoms with Crippen LogP contribution in [0.3, 0.4) is 0 Å². The molecule has 12 heavy (non-hydrogen) atoms. The zero-order chi connectivity index (χ0) is 9.56. The van der Waals surface area contributed by atoms with E-state index in [9.17, 15) is 0 Å². The van der Waals surface area contributed by atoms with E-state index in [1.54, 1.807) is 7.11 Å². The fourth-order valence-electron chi connectivity index (χ4n) is 0.832. The van der Waals surface area contributed by atoms with E-state index in [1.807, 2.05) is 39.0 Å². The largest absolute Gasteiger partial charge is 0.497 e. The lowest BCUT2D eigenvalue weighted by molar-refractivity contribution is 0.418. The SMILES string of the molecule is CC.[B]c1c(C)cccc1OC. The van der Waals surface area contributed by atoms with Gasteiger partial charge in [0.1, 0.15) is 13.6 Å². The number of ether oxygens (including phenoxy) is 1. The molecule has 0 heterocycles. The molecular weight excluding hydrogens is 147 g/mol. The first-order chi connectivity index (χ1) is 5.75. The Morgan fingerprint density at radius 3 is 2.25 bits per heavy atom. The maximum Gasteiger partial charge on any atom is 0.119 e. The van der Waals surface area contributed by atoms with E-state index in [-0.39, 0.29) is 0 Å². The van der Waals surface area contributed by atoms with Gasteiger partial charge in [-0.1, -0.05) is 37.0 Å². The topological polar surface area (TPSA) is 9.23 Å². The highest BCUT2D eigenvalue weighted by Crippen LogP contribution is 2.06. The minimum absolute atomic E-state index is 0.727. The van der Waals surface area contributed by atoms with Gasteiger partial charge in [-0.05, 0) is 13.0 Å². The lowest BCUT2D eigenvalue weighted by Gasteiger charge is -2.05. The minimum atomic E-state index is 0.727. The summed E-state index contributed by atoms with van der Waals surface area (Å²) in [5.74, 6) is 0.750. The molecule has 0 aromatic heterocycles. The standard InChI is InChI=1S/C8H9BO.C2H6/c1-6-4-3-5-7(10-2)8(6)9;1-2/h3-5H,1-2H3;1-2H3. The number of hydrogen-bond acceptors (Lipinski definition) is 1. The third-order valence-corrected chi connectivity index (χ3v) is 1.50. The Bertz CT molecular complexity index is 233. The first-order valence-corrected chi connectivity index (χ1v) is 4.15. The zero-order valence-electron chi connectivity index (χ0n) is 8.22. The highest BCUT2D eigenvalue weighted by molar-refractivity contribution is 6.35. The van der Waals surface area contributed by atoms with Crippen LogP contribution in [0.15, 0.2) is 18.2 Å². The Hall–Kier alpha value is -0.915. The second kappa shape index (κ2) is 5.70. The van der Waals surface area contributed by atoms with E-state index >= 15 is 0 Å². The normalized spacial score (nSPS) is 8.33. The predicted molar refractivity (Wildman–Crippen MR) is 54.5 cm³/mol. The maximum atomic E-state index is 5.67. The van der Waals surface area contributed by atoms with Crippen molar-refractivity contribution in [1.29, 1.82) is 0 Å². The van der Waals surface area contributed by atoms with Crippen LogP contribution in [-0.4, -0.2) is 15.0 Å². The van der Waals surface area contributed by atoms with Gasteiger partial charge >= 0.3 is 0 Å². The van der Waals surface area contributed by atoms with Gasteiger partial charge in [0.15, 0.2) is 0 Å². The van der Waals surface area contributed by atoms with Gasteiger partial charge in [0, 0.05) is 0 Å². The Labute approximate surface area is 76.2 Å². The van der Waals surface area contributed by atoms with E-state index in [0.29, 0.717) is 0 Å². The first-order valence-electron chi connectivity index (χ1n) is 4.15. The molecule has 1 aromatic rings. The third-order valence-electron chi connectivity index (χ3n) is 1.50. The van der Waals surface area contributed by atoms with Crippen molar-refractivity contribution in [2.45, 2.75) is 20.8 Å². The molecule has 1 rings (SSSR count). The average Bonchev–Trinajstić information content (AvgIpc) is 2.13. The maximum absolute atomic E-state index is 5.67. The van der Waals surface area contributed by atoms with Crippen LogP contribution in [0, 0.1) is 6.92 Å². The molecule has 0 saturated heterocycles. The number of methoxy groups -OCH3 is 1. The van der Waals surface area contributed by atoms with E-state index in [1.165, 1.54) is 0 Å². The van der Waals surface area contributed by atoms with Gasteiger partial charge in [0.05, 0.1) is 7.11 Å². The van der Waals surface area contributed by atoms with Gasteiger partial charge in [-0.25, -0.2) is 0 Å². The van der Waals surface area contributed by atoms with Crippen LogP contribution in [0.2, 0.25) is 0 Å². The number of hydrogen-bond donors (Lipinski definition) is 0. The third kappa shape index (κ3) is 2.61. The van der Waals surface area contributed by atoms with Gasteiger partial charge in [-0.2, -0.15) is 0 Å². The Morgan fingerprint density at radius 1 is 1.25 bits per heavy atom. The lowest BCUT2D eigenvalue weighted by Crippen LogP contribution is -2.10. The number of rotatable bonds is 1. The van der Waals surface area contributed by atoms with Crippen LogP contribution in [-0.2, 0) is 0 Å². The zero-order valence-corrected chi connectivity index (χ0v) is 8.22. The molecule has 0 saturated carbocycles.